The number of amides is 1. The number of anilines is 3. The van der Waals surface area contributed by atoms with E-state index in [9.17, 15) is 31.9 Å². The fourth-order valence-corrected chi connectivity index (χ4v) is 3.87. The van der Waals surface area contributed by atoms with Crippen LogP contribution in [0.5, 0.6) is 0 Å². The number of aromatic nitrogens is 3. The number of aliphatic hydroxyl groups is 1. The number of alkyl halides is 3. The number of fused-ring (bicyclic) bond motifs is 1. The van der Waals surface area contributed by atoms with E-state index in [-0.39, 0.29) is 22.9 Å². The lowest BCUT2D eigenvalue weighted by Gasteiger charge is -2.30. The van der Waals surface area contributed by atoms with Gasteiger partial charge in [0.05, 0.1) is 16.3 Å². The molecule has 0 bridgehead atoms. The van der Waals surface area contributed by atoms with Gasteiger partial charge in [-0.05, 0) is 25.1 Å². The molecule has 1 aliphatic rings. The highest BCUT2D eigenvalue weighted by molar-refractivity contribution is 6.31. The summed E-state index contributed by atoms with van der Waals surface area (Å²) in [4.78, 5) is 27.2. The minimum atomic E-state index is -4.71. The molecule has 0 fully saturated rings. The molecule has 4 rings (SSSR count). The molecule has 7 nitrogen and oxygen atoms in total. The predicted molar refractivity (Wildman–Crippen MR) is 112 cm³/mol. The number of hydrogen-bond donors (Lipinski definition) is 1. The second-order valence-corrected chi connectivity index (χ2v) is 7.94. The Labute approximate surface area is 194 Å². The number of benzene rings is 1. The number of nitrogens with zero attached hydrogens (tertiary/aromatic N) is 5. The summed E-state index contributed by atoms with van der Waals surface area (Å²) in [6.45, 7) is 1.34. The third kappa shape index (κ3) is 4.03. The van der Waals surface area contributed by atoms with Crippen LogP contribution in [0, 0.1) is 18.6 Å². The third-order valence-corrected chi connectivity index (χ3v) is 5.58. The largest absolute Gasteiger partial charge is 0.416 e. The summed E-state index contributed by atoms with van der Waals surface area (Å²) in [5.74, 6) is -3.45. The molecule has 178 valence electrons. The van der Waals surface area contributed by atoms with Crippen molar-refractivity contribution in [3.8, 4) is 0 Å². The highest BCUT2D eigenvalue weighted by Gasteiger charge is 2.47. The molecule has 13 heteroatoms. The number of aryl methyl sites for hydroxylation is 1. The average molecular weight is 500 g/mol. The Hall–Kier alpha value is -3.38. The van der Waals surface area contributed by atoms with Crippen LogP contribution in [0.3, 0.4) is 0 Å². The van der Waals surface area contributed by atoms with Crippen LogP contribution >= 0.6 is 11.6 Å². The van der Waals surface area contributed by atoms with E-state index in [1.807, 2.05) is 0 Å². The molecule has 34 heavy (non-hydrogen) atoms. The molecule has 2 aromatic heterocycles. The van der Waals surface area contributed by atoms with Crippen molar-refractivity contribution >= 4 is 34.8 Å². The molecule has 0 aliphatic carbocycles. The molecule has 3 heterocycles. The number of carbonyl (C=O) groups is 1. The highest BCUT2D eigenvalue weighted by Crippen LogP contribution is 2.44. The van der Waals surface area contributed by atoms with Crippen LogP contribution in [0.2, 0.25) is 5.02 Å². The lowest BCUT2D eigenvalue weighted by Crippen LogP contribution is -2.46. The van der Waals surface area contributed by atoms with E-state index in [0.717, 1.165) is 35.3 Å². The van der Waals surface area contributed by atoms with Gasteiger partial charge in [0.1, 0.15) is 41.7 Å². The van der Waals surface area contributed by atoms with Gasteiger partial charge in [-0.3, -0.25) is 9.69 Å². The molecular formula is C21H15ClF5N5O2. The van der Waals surface area contributed by atoms with Crippen LogP contribution in [0.25, 0.3) is 0 Å². The van der Waals surface area contributed by atoms with Gasteiger partial charge in [0.15, 0.2) is 0 Å². The monoisotopic (exact) mass is 499 g/mol. The predicted octanol–water partition coefficient (Wildman–Crippen LogP) is 4.35. The maximum atomic E-state index is 14.4. The second kappa shape index (κ2) is 8.44. The lowest BCUT2D eigenvalue weighted by atomic mass is 10.1. The van der Waals surface area contributed by atoms with Crippen molar-refractivity contribution in [3.05, 3.63) is 70.3 Å². The molecule has 1 aliphatic heterocycles. The van der Waals surface area contributed by atoms with E-state index < -0.39 is 52.1 Å². The number of carbonyl (C=O) groups excluding carboxylic acids is 1. The zero-order chi connectivity index (χ0) is 24.9. The fourth-order valence-electron chi connectivity index (χ4n) is 3.71. The molecule has 1 N–H and O–H groups in total. The Morgan fingerprint density at radius 1 is 1.18 bits per heavy atom. The van der Waals surface area contributed by atoms with E-state index in [1.165, 1.54) is 13.1 Å². The van der Waals surface area contributed by atoms with Crippen LogP contribution in [0.1, 0.15) is 22.9 Å². The first-order chi connectivity index (χ1) is 15.9. The van der Waals surface area contributed by atoms with Crippen molar-refractivity contribution in [1.82, 2.24) is 15.0 Å². The van der Waals surface area contributed by atoms with Gasteiger partial charge in [-0.25, -0.2) is 23.7 Å². The molecule has 0 saturated carbocycles. The molecule has 0 spiro atoms. The molecule has 3 aromatic rings. The summed E-state index contributed by atoms with van der Waals surface area (Å²) in [6.07, 6.45) is -4.00. The van der Waals surface area contributed by atoms with Gasteiger partial charge in [-0.2, -0.15) is 13.2 Å². The van der Waals surface area contributed by atoms with E-state index >= 15 is 0 Å². The quantitative estimate of drug-likeness (QED) is 0.426. The summed E-state index contributed by atoms with van der Waals surface area (Å²) >= 11 is 5.72. The van der Waals surface area contributed by atoms with Crippen LogP contribution in [0.4, 0.5) is 39.3 Å². The first-order valence-corrected chi connectivity index (χ1v) is 10.0. The summed E-state index contributed by atoms with van der Waals surface area (Å²) in [7, 11) is 1.15. The second-order valence-electron chi connectivity index (χ2n) is 7.53. The van der Waals surface area contributed by atoms with Crippen molar-refractivity contribution < 1.29 is 31.9 Å². The van der Waals surface area contributed by atoms with Gasteiger partial charge < -0.3 is 10.0 Å². The molecule has 2 atom stereocenters. The molecular weight excluding hydrogens is 485 g/mol. The summed E-state index contributed by atoms with van der Waals surface area (Å²) < 4.78 is 68.3. The van der Waals surface area contributed by atoms with Crippen molar-refractivity contribution in [3.63, 3.8) is 0 Å². The number of pyridine rings is 1. The Kier molecular flexibility index (Phi) is 5.90. The van der Waals surface area contributed by atoms with Crippen LogP contribution in [0.15, 0.2) is 36.8 Å². The average Bonchev–Trinajstić information content (AvgIpc) is 3.07. The zero-order valence-corrected chi connectivity index (χ0v) is 18.2. The smallest absolute Gasteiger partial charge is 0.385 e. The van der Waals surface area contributed by atoms with Gasteiger partial charge in [-0.1, -0.05) is 11.6 Å². The molecule has 0 radical (unpaired) electrons. The number of halogens is 6. The maximum absolute atomic E-state index is 14.4. The lowest BCUT2D eigenvalue weighted by molar-refractivity contribution is -0.137. The van der Waals surface area contributed by atoms with Gasteiger partial charge in [-0.15, -0.1) is 0 Å². The number of rotatable bonds is 3. The first-order valence-electron chi connectivity index (χ1n) is 9.65. The van der Waals surface area contributed by atoms with E-state index in [1.54, 1.807) is 0 Å². The van der Waals surface area contributed by atoms with Gasteiger partial charge >= 0.3 is 6.18 Å². The number of aliphatic hydroxyl groups excluding tert-OH is 1. The maximum Gasteiger partial charge on any atom is 0.416 e. The van der Waals surface area contributed by atoms with Gasteiger partial charge in [0.25, 0.3) is 5.91 Å². The minimum Gasteiger partial charge on any atom is -0.385 e. The molecule has 1 aromatic carbocycles. The SMILES string of the molecule is Cc1cc(C(F)(F)F)cc(N2c3ncncc3C(O)C2C(=O)N(C)c2cc(Cl)c(F)cc2F)n1. The van der Waals surface area contributed by atoms with E-state index in [4.69, 9.17) is 11.6 Å². The fraction of sp³-hybridized carbons (Fsp3) is 0.238. The Morgan fingerprint density at radius 3 is 2.56 bits per heavy atom. The summed E-state index contributed by atoms with van der Waals surface area (Å²) in [6, 6.07) is 1.33. The molecule has 2 unspecified atom stereocenters. The number of hydrogen-bond acceptors (Lipinski definition) is 6. The molecule has 0 saturated heterocycles. The van der Waals surface area contributed by atoms with Gasteiger partial charge in [0, 0.05) is 30.6 Å². The first kappa shape index (κ1) is 23.8. The molecule has 1 amide bonds. The Morgan fingerprint density at radius 2 is 1.88 bits per heavy atom. The van der Waals surface area contributed by atoms with Crippen LogP contribution < -0.4 is 9.80 Å². The number of likely N-dealkylation sites (N-methyl/N-ethyl adjacent to an activating group) is 1. The van der Waals surface area contributed by atoms with Crippen molar-refractivity contribution in [1.29, 1.82) is 0 Å². The van der Waals surface area contributed by atoms with Crippen molar-refractivity contribution in [2.75, 3.05) is 16.8 Å². The van der Waals surface area contributed by atoms with Crippen LogP contribution in [-0.2, 0) is 11.0 Å². The van der Waals surface area contributed by atoms with Crippen LogP contribution in [-0.4, -0.2) is 39.1 Å². The normalized spacial score (nSPS) is 17.6. The Bertz CT molecular complexity index is 1290. The van der Waals surface area contributed by atoms with Gasteiger partial charge in [0.2, 0.25) is 0 Å². The highest BCUT2D eigenvalue weighted by atomic mass is 35.5. The van der Waals surface area contributed by atoms with Crippen molar-refractivity contribution in [2.24, 2.45) is 0 Å². The van der Waals surface area contributed by atoms with E-state index in [2.05, 4.69) is 15.0 Å². The topological polar surface area (TPSA) is 82.4 Å². The van der Waals surface area contributed by atoms with E-state index in [0.29, 0.717) is 12.1 Å². The Balaban J connectivity index is 1.84. The summed E-state index contributed by atoms with van der Waals surface area (Å²) in [5, 5.41) is 10.5. The van der Waals surface area contributed by atoms with Crippen molar-refractivity contribution in [2.45, 2.75) is 25.2 Å². The summed E-state index contributed by atoms with van der Waals surface area (Å²) in [5.41, 5.74) is -1.37. The zero-order valence-electron chi connectivity index (χ0n) is 17.5. The third-order valence-electron chi connectivity index (χ3n) is 5.29. The standard InChI is InChI=1S/C21H15ClF5N5O2/c1-9-3-10(21(25,26)27)4-16(30-9)32-17(18(33)11-7-28-8-29-19(11)32)20(34)31(2)15-5-12(22)13(23)6-14(15)24/h3-8,17-18,33H,1-2H3. The minimum absolute atomic E-state index is 0.00210.